The van der Waals surface area contributed by atoms with E-state index < -0.39 is 53.4 Å². The van der Waals surface area contributed by atoms with E-state index in [0.29, 0.717) is 0 Å². The molecule has 0 unspecified atom stereocenters. The van der Waals surface area contributed by atoms with Gasteiger partial charge in [-0.15, -0.1) is 13.2 Å². The van der Waals surface area contributed by atoms with Crippen LogP contribution in [-0.4, -0.2) is 39.8 Å². The average Bonchev–Trinajstić information content (AvgIpc) is 2.89. The molecule has 1 aromatic heterocycles. The van der Waals surface area contributed by atoms with Gasteiger partial charge in [0.05, 0.1) is 24.0 Å². The zero-order valence-electron chi connectivity index (χ0n) is 20.2. The predicted octanol–water partition coefficient (Wildman–Crippen LogP) is 5.10. The standard InChI is InChI=1S/C27H20F5N3O4/c1-16(15-36)34(20-9-7-18(28)8-10-20)25(37)23-14-24(17-5-11-22(12-6-17)39-27(30,31)32)33-35(26(23)38)21-4-2-3-19(29)13-21/h2-14,16,36H,15H2,1H3/t16-/m0/s1. The van der Waals surface area contributed by atoms with Crippen LogP contribution in [0, 0.1) is 11.6 Å². The lowest BCUT2D eigenvalue weighted by atomic mass is 10.1. The van der Waals surface area contributed by atoms with Gasteiger partial charge in [-0.3, -0.25) is 9.59 Å². The van der Waals surface area contributed by atoms with Gasteiger partial charge in [-0.2, -0.15) is 9.78 Å². The molecule has 0 bridgehead atoms. The Morgan fingerprint density at radius 3 is 2.26 bits per heavy atom. The van der Waals surface area contributed by atoms with Gasteiger partial charge in [0.25, 0.3) is 11.5 Å². The number of halogens is 5. The number of benzene rings is 3. The Balaban J connectivity index is 1.88. The van der Waals surface area contributed by atoms with Gasteiger partial charge in [0.1, 0.15) is 22.9 Å². The molecule has 0 fully saturated rings. The normalized spacial score (nSPS) is 12.2. The summed E-state index contributed by atoms with van der Waals surface area (Å²) in [6, 6.07) is 14.5. The van der Waals surface area contributed by atoms with Crippen LogP contribution in [0.25, 0.3) is 16.9 Å². The van der Waals surface area contributed by atoms with E-state index in [1.165, 1.54) is 43.3 Å². The van der Waals surface area contributed by atoms with Gasteiger partial charge in [0.15, 0.2) is 0 Å². The summed E-state index contributed by atoms with van der Waals surface area (Å²) in [5.74, 6) is -2.63. The van der Waals surface area contributed by atoms with Crippen molar-refractivity contribution >= 4 is 11.6 Å². The fraction of sp³-hybridized carbons (Fsp3) is 0.148. The number of aliphatic hydroxyl groups is 1. The van der Waals surface area contributed by atoms with Crippen molar-refractivity contribution in [2.75, 3.05) is 11.5 Å². The molecule has 0 aliphatic heterocycles. The first kappa shape index (κ1) is 27.5. The van der Waals surface area contributed by atoms with Crippen LogP contribution in [0.3, 0.4) is 0 Å². The van der Waals surface area contributed by atoms with Gasteiger partial charge in [0, 0.05) is 11.3 Å². The fourth-order valence-electron chi connectivity index (χ4n) is 3.78. The Morgan fingerprint density at radius 2 is 1.67 bits per heavy atom. The van der Waals surface area contributed by atoms with Gasteiger partial charge >= 0.3 is 6.36 Å². The second-order valence-corrected chi connectivity index (χ2v) is 8.40. The molecule has 0 aliphatic carbocycles. The topological polar surface area (TPSA) is 84.7 Å². The summed E-state index contributed by atoms with van der Waals surface area (Å²) in [5, 5.41) is 14.0. The van der Waals surface area contributed by atoms with E-state index in [4.69, 9.17) is 0 Å². The molecular formula is C27H20F5N3O4. The number of ether oxygens (including phenoxy) is 1. The van der Waals surface area contributed by atoms with Gasteiger partial charge in [-0.25, -0.2) is 8.78 Å². The van der Waals surface area contributed by atoms with E-state index in [-0.39, 0.29) is 22.6 Å². The van der Waals surface area contributed by atoms with Gasteiger partial charge in [-0.1, -0.05) is 6.07 Å². The minimum absolute atomic E-state index is 0.00326. The summed E-state index contributed by atoms with van der Waals surface area (Å²) in [4.78, 5) is 28.3. The summed E-state index contributed by atoms with van der Waals surface area (Å²) in [6.07, 6.45) is -4.91. The molecule has 4 rings (SSSR count). The molecule has 4 aromatic rings. The molecule has 1 N–H and O–H groups in total. The lowest BCUT2D eigenvalue weighted by Gasteiger charge is -2.28. The number of alkyl halides is 3. The molecule has 1 atom stereocenters. The fourth-order valence-corrected chi connectivity index (χ4v) is 3.78. The van der Waals surface area contributed by atoms with E-state index >= 15 is 0 Å². The van der Waals surface area contributed by atoms with Crippen LogP contribution in [0.5, 0.6) is 5.75 Å². The number of hydrogen-bond donors (Lipinski definition) is 1. The SMILES string of the molecule is C[C@@H](CO)N(C(=O)c1cc(-c2ccc(OC(F)(F)F)cc2)nn(-c2cccc(F)c2)c1=O)c1ccc(F)cc1. The van der Waals surface area contributed by atoms with Crippen molar-refractivity contribution in [2.45, 2.75) is 19.3 Å². The van der Waals surface area contributed by atoms with Crippen LogP contribution in [0.4, 0.5) is 27.6 Å². The summed E-state index contributed by atoms with van der Waals surface area (Å²) < 4.78 is 69.9. The number of anilines is 1. The maximum atomic E-state index is 14.0. The Kier molecular flexibility index (Phi) is 7.77. The first-order chi connectivity index (χ1) is 18.5. The average molecular weight is 545 g/mol. The highest BCUT2D eigenvalue weighted by atomic mass is 19.4. The first-order valence-electron chi connectivity index (χ1n) is 11.4. The minimum Gasteiger partial charge on any atom is -0.406 e. The molecule has 0 saturated carbocycles. The highest BCUT2D eigenvalue weighted by Crippen LogP contribution is 2.27. The van der Waals surface area contributed by atoms with Crippen LogP contribution < -0.4 is 15.2 Å². The van der Waals surface area contributed by atoms with E-state index in [2.05, 4.69) is 9.84 Å². The molecule has 0 saturated heterocycles. The zero-order valence-corrected chi connectivity index (χ0v) is 20.2. The van der Waals surface area contributed by atoms with Crippen LogP contribution in [0.15, 0.2) is 83.7 Å². The van der Waals surface area contributed by atoms with E-state index in [0.717, 1.165) is 52.0 Å². The third kappa shape index (κ3) is 6.29. The van der Waals surface area contributed by atoms with Crippen molar-refractivity contribution in [3.8, 4) is 22.7 Å². The van der Waals surface area contributed by atoms with Crippen molar-refractivity contribution < 1.29 is 36.6 Å². The van der Waals surface area contributed by atoms with E-state index in [9.17, 15) is 36.6 Å². The highest BCUT2D eigenvalue weighted by Gasteiger charge is 2.31. The Morgan fingerprint density at radius 1 is 1.00 bits per heavy atom. The summed E-state index contributed by atoms with van der Waals surface area (Å²) in [5.41, 5.74) is -0.986. The van der Waals surface area contributed by atoms with Crippen molar-refractivity contribution in [3.05, 3.63) is 106 Å². The number of carbonyl (C=O) groups excluding carboxylic acids is 1. The third-order valence-electron chi connectivity index (χ3n) is 5.61. The summed E-state index contributed by atoms with van der Waals surface area (Å²) in [7, 11) is 0. The molecule has 0 radical (unpaired) electrons. The second kappa shape index (κ2) is 11.0. The van der Waals surface area contributed by atoms with Gasteiger partial charge in [0.2, 0.25) is 0 Å². The van der Waals surface area contributed by atoms with Gasteiger partial charge < -0.3 is 14.7 Å². The largest absolute Gasteiger partial charge is 0.573 e. The highest BCUT2D eigenvalue weighted by molar-refractivity contribution is 6.06. The smallest absolute Gasteiger partial charge is 0.406 e. The number of aliphatic hydroxyl groups excluding tert-OH is 1. The summed E-state index contributed by atoms with van der Waals surface area (Å²) in [6.45, 7) is 1.01. The number of carbonyl (C=O) groups is 1. The molecule has 1 heterocycles. The predicted molar refractivity (Wildman–Crippen MR) is 132 cm³/mol. The number of amides is 1. The molecule has 7 nitrogen and oxygen atoms in total. The maximum Gasteiger partial charge on any atom is 0.573 e. The molecule has 0 aliphatic rings. The monoisotopic (exact) mass is 545 g/mol. The molecule has 39 heavy (non-hydrogen) atoms. The van der Waals surface area contributed by atoms with Crippen LogP contribution in [-0.2, 0) is 0 Å². The Bertz CT molecular complexity index is 1540. The maximum absolute atomic E-state index is 14.0. The number of nitrogens with zero attached hydrogens (tertiary/aromatic N) is 3. The summed E-state index contributed by atoms with van der Waals surface area (Å²) >= 11 is 0. The van der Waals surface area contributed by atoms with Crippen molar-refractivity contribution in [2.24, 2.45) is 0 Å². The number of aromatic nitrogens is 2. The van der Waals surface area contributed by atoms with E-state index in [1.54, 1.807) is 0 Å². The molecule has 3 aromatic carbocycles. The Hall–Kier alpha value is -4.58. The lowest BCUT2D eigenvalue weighted by Crippen LogP contribution is -2.44. The van der Waals surface area contributed by atoms with Crippen molar-refractivity contribution in [1.82, 2.24) is 9.78 Å². The molecule has 202 valence electrons. The van der Waals surface area contributed by atoms with Crippen LogP contribution >= 0.6 is 0 Å². The molecular weight excluding hydrogens is 525 g/mol. The van der Waals surface area contributed by atoms with Crippen molar-refractivity contribution in [3.63, 3.8) is 0 Å². The van der Waals surface area contributed by atoms with Crippen LogP contribution in [0.2, 0.25) is 0 Å². The van der Waals surface area contributed by atoms with E-state index in [1.807, 2.05) is 0 Å². The lowest BCUT2D eigenvalue weighted by molar-refractivity contribution is -0.274. The quantitative estimate of drug-likeness (QED) is 0.327. The zero-order chi connectivity index (χ0) is 28.3. The van der Waals surface area contributed by atoms with Gasteiger partial charge in [-0.05, 0) is 79.7 Å². The molecule has 12 heteroatoms. The number of hydrogen-bond acceptors (Lipinski definition) is 5. The Labute approximate surface area is 218 Å². The second-order valence-electron chi connectivity index (χ2n) is 8.40. The first-order valence-corrected chi connectivity index (χ1v) is 11.4. The molecule has 0 spiro atoms. The minimum atomic E-state index is -4.91. The van der Waals surface area contributed by atoms with Crippen molar-refractivity contribution in [1.29, 1.82) is 0 Å². The number of rotatable bonds is 7. The van der Waals surface area contributed by atoms with Crippen LogP contribution in [0.1, 0.15) is 17.3 Å². The third-order valence-corrected chi connectivity index (χ3v) is 5.61. The molecule has 1 amide bonds.